The maximum atomic E-state index is 13.3. The molecule has 0 aromatic heterocycles. The summed E-state index contributed by atoms with van der Waals surface area (Å²) >= 11 is 0. The minimum absolute atomic E-state index is 0.240. The van der Waals surface area contributed by atoms with Crippen LogP contribution in [0.3, 0.4) is 0 Å². The minimum Gasteiger partial charge on any atom is -0.497 e. The maximum Gasteiger partial charge on any atom is 0.573 e. The van der Waals surface area contributed by atoms with Gasteiger partial charge in [0.25, 0.3) is 0 Å². The number of benzene rings is 3. The molecule has 0 N–H and O–H groups in total. The highest BCUT2D eigenvalue weighted by atomic mass is 32.2. The Morgan fingerprint density at radius 3 is 1.81 bits per heavy atom. The standard InChI is InChI=1S/C27H28F3NO5S/c1-34-23-15-19(16-24(17-23)35-2)18-31-13-11-26(12-14-31)37(32,33)25-9-5-21(6-10-25)20-3-7-22(8-4-20)36-27(28,29)30/h3-10,15-17,26H,11-14,18H2,1-2H3. The molecule has 0 aliphatic carbocycles. The molecule has 4 rings (SSSR count). The molecule has 1 heterocycles. The molecular formula is C27H28F3NO5S. The summed E-state index contributed by atoms with van der Waals surface area (Å²) in [4.78, 5) is 2.46. The van der Waals surface area contributed by atoms with E-state index in [1.54, 1.807) is 38.5 Å². The van der Waals surface area contributed by atoms with Gasteiger partial charge in [0, 0.05) is 12.6 Å². The van der Waals surface area contributed by atoms with Gasteiger partial charge in [-0.1, -0.05) is 24.3 Å². The number of methoxy groups -OCH3 is 2. The van der Waals surface area contributed by atoms with Gasteiger partial charge < -0.3 is 14.2 Å². The molecule has 3 aromatic rings. The SMILES string of the molecule is COc1cc(CN2CCC(S(=O)(=O)c3ccc(-c4ccc(OC(F)(F)F)cc4)cc3)CC2)cc(OC)c1. The zero-order chi connectivity index (χ0) is 26.6. The second-order valence-electron chi connectivity index (χ2n) is 8.84. The first-order valence-electron chi connectivity index (χ1n) is 11.7. The zero-order valence-corrected chi connectivity index (χ0v) is 21.3. The van der Waals surface area contributed by atoms with Crippen molar-refractivity contribution < 1.29 is 35.8 Å². The molecule has 0 saturated carbocycles. The minimum atomic E-state index is -4.75. The van der Waals surface area contributed by atoms with E-state index < -0.39 is 21.4 Å². The molecule has 0 atom stereocenters. The third-order valence-electron chi connectivity index (χ3n) is 6.39. The molecular weight excluding hydrogens is 507 g/mol. The number of hydrogen-bond donors (Lipinski definition) is 0. The van der Waals surface area contributed by atoms with Crippen LogP contribution in [0.15, 0.2) is 71.6 Å². The number of alkyl halides is 3. The molecule has 1 fully saturated rings. The smallest absolute Gasteiger partial charge is 0.497 e. The van der Waals surface area contributed by atoms with Crippen LogP contribution in [0, 0.1) is 0 Å². The maximum absolute atomic E-state index is 13.3. The van der Waals surface area contributed by atoms with Gasteiger partial charge in [0.05, 0.1) is 24.4 Å². The number of ether oxygens (including phenoxy) is 3. The zero-order valence-electron chi connectivity index (χ0n) is 20.5. The van der Waals surface area contributed by atoms with Crippen LogP contribution in [0.2, 0.25) is 0 Å². The van der Waals surface area contributed by atoms with Gasteiger partial charge in [-0.2, -0.15) is 0 Å². The fraction of sp³-hybridized carbons (Fsp3) is 0.333. The lowest BCUT2D eigenvalue weighted by Gasteiger charge is -2.31. The van der Waals surface area contributed by atoms with E-state index in [-0.39, 0.29) is 10.6 Å². The van der Waals surface area contributed by atoms with E-state index in [4.69, 9.17) is 9.47 Å². The molecule has 1 aliphatic rings. The van der Waals surface area contributed by atoms with Gasteiger partial charge in [0.1, 0.15) is 17.2 Å². The van der Waals surface area contributed by atoms with Crippen LogP contribution in [0.4, 0.5) is 13.2 Å². The first-order chi connectivity index (χ1) is 17.6. The van der Waals surface area contributed by atoms with E-state index in [1.807, 2.05) is 18.2 Å². The van der Waals surface area contributed by atoms with E-state index in [9.17, 15) is 21.6 Å². The first-order valence-corrected chi connectivity index (χ1v) is 13.3. The van der Waals surface area contributed by atoms with Gasteiger partial charge in [0.15, 0.2) is 9.84 Å². The lowest BCUT2D eigenvalue weighted by Crippen LogP contribution is -2.38. The molecule has 0 unspecified atom stereocenters. The van der Waals surface area contributed by atoms with Crippen molar-refractivity contribution in [3.63, 3.8) is 0 Å². The van der Waals surface area contributed by atoms with Crippen LogP contribution >= 0.6 is 0 Å². The molecule has 0 bridgehead atoms. The molecule has 198 valence electrons. The lowest BCUT2D eigenvalue weighted by atomic mass is 10.1. The van der Waals surface area contributed by atoms with Crippen LogP contribution in [-0.2, 0) is 16.4 Å². The first kappa shape index (κ1) is 26.8. The molecule has 6 nitrogen and oxygen atoms in total. The van der Waals surface area contributed by atoms with Crippen LogP contribution in [0.1, 0.15) is 18.4 Å². The second kappa shape index (κ2) is 11.0. The monoisotopic (exact) mass is 535 g/mol. The van der Waals surface area contributed by atoms with Crippen molar-refractivity contribution in [2.75, 3.05) is 27.3 Å². The Bertz CT molecular complexity index is 1280. The third-order valence-corrected chi connectivity index (χ3v) is 8.67. The van der Waals surface area contributed by atoms with E-state index in [2.05, 4.69) is 9.64 Å². The Balaban J connectivity index is 1.38. The van der Waals surface area contributed by atoms with Crippen LogP contribution in [0.5, 0.6) is 17.2 Å². The molecule has 0 amide bonds. The largest absolute Gasteiger partial charge is 0.573 e. The Morgan fingerprint density at radius 2 is 1.32 bits per heavy atom. The second-order valence-corrected chi connectivity index (χ2v) is 11.1. The summed E-state index contributed by atoms with van der Waals surface area (Å²) in [7, 11) is -0.314. The predicted octanol–water partition coefficient (Wildman–Crippen LogP) is 5.71. The normalized spacial score (nSPS) is 15.4. The topological polar surface area (TPSA) is 65.1 Å². The molecule has 3 aromatic carbocycles. The average Bonchev–Trinajstić information content (AvgIpc) is 2.88. The fourth-order valence-electron chi connectivity index (χ4n) is 4.47. The third kappa shape index (κ3) is 6.75. The summed E-state index contributed by atoms with van der Waals surface area (Å²) in [5.41, 5.74) is 2.38. The van der Waals surface area contributed by atoms with Gasteiger partial charge in [-0.25, -0.2) is 8.42 Å². The van der Waals surface area contributed by atoms with Gasteiger partial charge in [-0.05, 0) is 79.0 Å². The molecule has 1 saturated heterocycles. The summed E-state index contributed by atoms with van der Waals surface area (Å²) in [6, 6.07) is 17.6. The Kier molecular flexibility index (Phi) is 7.99. The van der Waals surface area contributed by atoms with Crippen LogP contribution in [0.25, 0.3) is 11.1 Å². The Hall–Kier alpha value is -3.24. The highest BCUT2D eigenvalue weighted by Gasteiger charge is 2.32. The Morgan fingerprint density at radius 1 is 0.811 bits per heavy atom. The van der Waals surface area contributed by atoms with Gasteiger partial charge in [0.2, 0.25) is 0 Å². The summed E-state index contributed by atoms with van der Waals surface area (Å²) < 4.78 is 78.2. The molecule has 0 radical (unpaired) electrons. The van der Waals surface area contributed by atoms with E-state index in [0.717, 1.165) is 5.56 Å². The van der Waals surface area contributed by atoms with Crippen molar-refractivity contribution in [3.8, 4) is 28.4 Å². The van der Waals surface area contributed by atoms with Gasteiger partial charge in [-0.3, -0.25) is 4.90 Å². The predicted molar refractivity (Wildman–Crippen MR) is 134 cm³/mol. The number of nitrogens with zero attached hydrogens (tertiary/aromatic N) is 1. The summed E-state index contributed by atoms with van der Waals surface area (Å²) in [5, 5.41) is -0.478. The fourth-order valence-corrected chi connectivity index (χ4v) is 6.20. The number of sulfone groups is 1. The number of likely N-dealkylation sites (tertiary alicyclic amines) is 1. The van der Waals surface area contributed by atoms with Crippen LogP contribution < -0.4 is 14.2 Å². The summed E-state index contributed by atoms with van der Waals surface area (Å²) in [6.07, 6.45) is -3.71. The highest BCUT2D eigenvalue weighted by molar-refractivity contribution is 7.92. The molecule has 10 heteroatoms. The molecule has 37 heavy (non-hydrogen) atoms. The lowest BCUT2D eigenvalue weighted by molar-refractivity contribution is -0.274. The van der Waals surface area contributed by atoms with E-state index >= 15 is 0 Å². The van der Waals surface area contributed by atoms with Crippen molar-refractivity contribution in [2.45, 2.75) is 35.9 Å². The van der Waals surface area contributed by atoms with Gasteiger partial charge in [-0.15, -0.1) is 13.2 Å². The number of piperidine rings is 1. The molecule has 0 spiro atoms. The quantitative estimate of drug-likeness (QED) is 0.368. The number of rotatable bonds is 8. The number of halogens is 3. The van der Waals surface area contributed by atoms with Crippen molar-refractivity contribution in [1.29, 1.82) is 0 Å². The van der Waals surface area contributed by atoms with Crippen molar-refractivity contribution >= 4 is 9.84 Å². The van der Waals surface area contributed by atoms with E-state index in [1.165, 1.54) is 24.3 Å². The Labute approximate surface area is 214 Å². The van der Waals surface area contributed by atoms with Crippen molar-refractivity contribution in [2.24, 2.45) is 0 Å². The molecule has 1 aliphatic heterocycles. The van der Waals surface area contributed by atoms with Crippen molar-refractivity contribution in [3.05, 3.63) is 72.3 Å². The van der Waals surface area contributed by atoms with Gasteiger partial charge >= 0.3 is 6.36 Å². The highest BCUT2D eigenvalue weighted by Crippen LogP contribution is 2.30. The van der Waals surface area contributed by atoms with Crippen molar-refractivity contribution in [1.82, 2.24) is 4.90 Å². The average molecular weight is 536 g/mol. The number of hydrogen-bond acceptors (Lipinski definition) is 6. The van der Waals surface area contributed by atoms with E-state index in [0.29, 0.717) is 55.1 Å². The van der Waals surface area contributed by atoms with Crippen LogP contribution in [-0.4, -0.2) is 52.2 Å². The summed E-state index contributed by atoms with van der Waals surface area (Å²) in [5.74, 6) is 1.11. The summed E-state index contributed by atoms with van der Waals surface area (Å²) in [6.45, 7) is 1.96.